The van der Waals surface area contributed by atoms with Crippen LogP contribution in [0.1, 0.15) is 64.7 Å². The van der Waals surface area contributed by atoms with Gasteiger partial charge in [-0.1, -0.05) is 32.1 Å². The van der Waals surface area contributed by atoms with Crippen molar-refractivity contribution in [1.82, 2.24) is 14.7 Å². The van der Waals surface area contributed by atoms with E-state index in [1.807, 2.05) is 18.9 Å². The van der Waals surface area contributed by atoms with Gasteiger partial charge in [-0.05, 0) is 38.5 Å². The van der Waals surface area contributed by atoms with Crippen LogP contribution in [-0.4, -0.2) is 72.3 Å². The third-order valence-corrected chi connectivity index (χ3v) is 6.92. The van der Waals surface area contributed by atoms with Gasteiger partial charge in [0, 0.05) is 45.7 Å². The quantitative estimate of drug-likeness (QED) is 0.754. The summed E-state index contributed by atoms with van der Waals surface area (Å²) in [6.45, 7) is 6.10. The van der Waals surface area contributed by atoms with E-state index in [1.165, 1.54) is 44.9 Å². The smallest absolute Gasteiger partial charge is 0.239 e. The second kappa shape index (κ2) is 9.20. The number of rotatable bonds is 5. The highest BCUT2D eigenvalue weighted by Crippen LogP contribution is 2.32. The highest BCUT2D eigenvalue weighted by molar-refractivity contribution is 5.82. The van der Waals surface area contributed by atoms with Crippen LogP contribution in [0.15, 0.2) is 0 Å². The summed E-state index contributed by atoms with van der Waals surface area (Å²) in [5, 5.41) is 0. The number of carbonyl (C=O) groups excluding carboxylic acids is 2. The molecule has 148 valence electrons. The van der Waals surface area contributed by atoms with Crippen LogP contribution in [0.2, 0.25) is 0 Å². The summed E-state index contributed by atoms with van der Waals surface area (Å²) in [6, 6.07) is 0.0226. The van der Waals surface area contributed by atoms with E-state index >= 15 is 0 Å². The SMILES string of the molecule is CCN(C)C(=O)C(C1CCCC1)N1CCN(C(=O)C2CCCCC2)CC1. The molecule has 0 spiro atoms. The van der Waals surface area contributed by atoms with Gasteiger partial charge in [0.2, 0.25) is 11.8 Å². The van der Waals surface area contributed by atoms with E-state index in [1.54, 1.807) is 0 Å². The summed E-state index contributed by atoms with van der Waals surface area (Å²) in [7, 11) is 1.92. The largest absolute Gasteiger partial charge is 0.345 e. The summed E-state index contributed by atoms with van der Waals surface area (Å²) in [5.74, 6) is 1.41. The Hall–Kier alpha value is -1.10. The van der Waals surface area contributed by atoms with Crippen LogP contribution in [0.3, 0.4) is 0 Å². The number of hydrogen-bond acceptors (Lipinski definition) is 3. The first-order valence-electron chi connectivity index (χ1n) is 10.9. The topological polar surface area (TPSA) is 43.9 Å². The molecule has 3 rings (SSSR count). The molecule has 0 aromatic rings. The van der Waals surface area contributed by atoms with Crippen molar-refractivity contribution in [2.75, 3.05) is 39.8 Å². The fourth-order valence-electron chi connectivity index (χ4n) is 5.14. The maximum atomic E-state index is 13.0. The molecule has 1 heterocycles. The zero-order valence-corrected chi connectivity index (χ0v) is 16.8. The second-order valence-electron chi connectivity index (χ2n) is 8.54. The minimum atomic E-state index is 0.0226. The van der Waals surface area contributed by atoms with Crippen LogP contribution < -0.4 is 0 Å². The lowest BCUT2D eigenvalue weighted by Crippen LogP contribution is -2.58. The molecule has 1 saturated heterocycles. The van der Waals surface area contributed by atoms with Gasteiger partial charge in [0.1, 0.15) is 0 Å². The number of hydrogen-bond donors (Lipinski definition) is 0. The van der Waals surface area contributed by atoms with E-state index < -0.39 is 0 Å². The van der Waals surface area contributed by atoms with Gasteiger partial charge in [0.05, 0.1) is 6.04 Å². The minimum Gasteiger partial charge on any atom is -0.345 e. The van der Waals surface area contributed by atoms with Crippen LogP contribution in [0.25, 0.3) is 0 Å². The molecule has 5 heteroatoms. The number of nitrogens with zero attached hydrogens (tertiary/aromatic N) is 3. The Morgan fingerprint density at radius 1 is 0.923 bits per heavy atom. The molecule has 2 amide bonds. The van der Waals surface area contributed by atoms with Crippen molar-refractivity contribution >= 4 is 11.8 Å². The first-order valence-corrected chi connectivity index (χ1v) is 10.9. The molecule has 1 aliphatic heterocycles. The lowest BCUT2D eigenvalue weighted by atomic mass is 9.88. The van der Waals surface area contributed by atoms with Crippen molar-refractivity contribution in [2.24, 2.45) is 11.8 Å². The van der Waals surface area contributed by atoms with Gasteiger partial charge in [-0.3, -0.25) is 14.5 Å². The lowest BCUT2D eigenvalue weighted by Gasteiger charge is -2.42. The molecule has 0 bridgehead atoms. The summed E-state index contributed by atoms with van der Waals surface area (Å²) < 4.78 is 0. The highest BCUT2D eigenvalue weighted by Gasteiger charge is 2.39. The van der Waals surface area contributed by atoms with Crippen molar-refractivity contribution in [3.8, 4) is 0 Å². The van der Waals surface area contributed by atoms with Gasteiger partial charge >= 0.3 is 0 Å². The van der Waals surface area contributed by atoms with Crippen molar-refractivity contribution in [3.05, 3.63) is 0 Å². The van der Waals surface area contributed by atoms with Crippen molar-refractivity contribution < 1.29 is 9.59 Å². The van der Waals surface area contributed by atoms with Gasteiger partial charge in [-0.25, -0.2) is 0 Å². The third kappa shape index (κ3) is 4.41. The highest BCUT2D eigenvalue weighted by atomic mass is 16.2. The first-order chi connectivity index (χ1) is 12.6. The maximum Gasteiger partial charge on any atom is 0.239 e. The Kier molecular flexibility index (Phi) is 6.96. The van der Waals surface area contributed by atoms with Gasteiger partial charge < -0.3 is 9.80 Å². The fourth-order valence-corrected chi connectivity index (χ4v) is 5.14. The number of amides is 2. The first kappa shape index (κ1) is 19.7. The molecule has 2 aliphatic carbocycles. The molecule has 2 saturated carbocycles. The molecule has 0 radical (unpaired) electrons. The van der Waals surface area contributed by atoms with E-state index in [9.17, 15) is 9.59 Å². The molecule has 0 aromatic carbocycles. The normalized spacial score (nSPS) is 24.6. The number of piperazine rings is 1. The Labute approximate surface area is 159 Å². The van der Waals surface area contributed by atoms with Gasteiger partial charge in [0.15, 0.2) is 0 Å². The minimum absolute atomic E-state index is 0.0226. The van der Waals surface area contributed by atoms with Crippen LogP contribution >= 0.6 is 0 Å². The molecular formula is C21H37N3O2. The lowest BCUT2D eigenvalue weighted by molar-refractivity contribution is -0.142. The zero-order valence-electron chi connectivity index (χ0n) is 16.8. The molecule has 3 aliphatic rings. The van der Waals surface area contributed by atoms with Gasteiger partial charge in [-0.15, -0.1) is 0 Å². The molecule has 26 heavy (non-hydrogen) atoms. The van der Waals surface area contributed by atoms with Gasteiger partial charge in [-0.2, -0.15) is 0 Å². The summed E-state index contributed by atoms with van der Waals surface area (Å²) >= 11 is 0. The average molecular weight is 364 g/mol. The molecule has 1 unspecified atom stereocenters. The second-order valence-corrected chi connectivity index (χ2v) is 8.54. The Balaban J connectivity index is 1.59. The van der Waals surface area contributed by atoms with Crippen LogP contribution in [0.5, 0.6) is 0 Å². The summed E-state index contributed by atoms with van der Waals surface area (Å²) in [5.41, 5.74) is 0. The summed E-state index contributed by atoms with van der Waals surface area (Å²) in [6.07, 6.45) is 10.7. The van der Waals surface area contributed by atoms with Crippen molar-refractivity contribution in [1.29, 1.82) is 0 Å². The predicted octanol–water partition coefficient (Wildman–Crippen LogP) is 2.75. The molecule has 3 fully saturated rings. The third-order valence-electron chi connectivity index (χ3n) is 6.92. The average Bonchev–Trinajstić information content (AvgIpc) is 3.22. The van der Waals surface area contributed by atoms with Crippen LogP contribution in [-0.2, 0) is 9.59 Å². The molecule has 5 nitrogen and oxygen atoms in total. The fraction of sp³-hybridized carbons (Fsp3) is 0.905. The Morgan fingerprint density at radius 2 is 1.50 bits per heavy atom. The van der Waals surface area contributed by atoms with E-state index in [4.69, 9.17) is 0 Å². The maximum absolute atomic E-state index is 13.0. The van der Waals surface area contributed by atoms with E-state index in [0.717, 1.165) is 45.6 Å². The number of carbonyl (C=O) groups is 2. The van der Waals surface area contributed by atoms with Crippen LogP contribution in [0, 0.1) is 11.8 Å². The van der Waals surface area contributed by atoms with Crippen molar-refractivity contribution in [3.63, 3.8) is 0 Å². The van der Waals surface area contributed by atoms with E-state index in [-0.39, 0.29) is 17.9 Å². The molecule has 1 atom stereocenters. The van der Waals surface area contributed by atoms with Crippen molar-refractivity contribution in [2.45, 2.75) is 70.8 Å². The molecule has 0 aromatic heterocycles. The zero-order chi connectivity index (χ0) is 18.5. The molecular weight excluding hydrogens is 326 g/mol. The predicted molar refractivity (Wildman–Crippen MR) is 104 cm³/mol. The van der Waals surface area contributed by atoms with Gasteiger partial charge in [0.25, 0.3) is 0 Å². The standard InChI is InChI=1S/C21H37N3O2/c1-3-22(2)21(26)19(17-9-7-8-10-17)23-13-15-24(16-14-23)20(25)18-11-5-4-6-12-18/h17-19H,3-16H2,1-2H3. The monoisotopic (exact) mass is 363 g/mol. The van der Waals surface area contributed by atoms with E-state index in [0.29, 0.717) is 11.8 Å². The Morgan fingerprint density at radius 3 is 2.08 bits per heavy atom. The summed E-state index contributed by atoms with van der Waals surface area (Å²) in [4.78, 5) is 32.2. The molecule has 0 N–H and O–H groups in total. The number of likely N-dealkylation sites (N-methyl/N-ethyl adjacent to an activating group) is 1. The van der Waals surface area contributed by atoms with Crippen LogP contribution in [0.4, 0.5) is 0 Å². The Bertz CT molecular complexity index is 476. The van der Waals surface area contributed by atoms with E-state index in [2.05, 4.69) is 9.80 Å².